The van der Waals surface area contributed by atoms with Gasteiger partial charge in [-0.1, -0.05) is 67.6 Å². The second-order valence-electron chi connectivity index (χ2n) is 8.27. The third kappa shape index (κ3) is 5.66. The number of unbranched alkanes of at least 4 members (excludes halogenated alkanes) is 1. The van der Waals surface area contributed by atoms with E-state index in [4.69, 9.17) is 9.72 Å². The van der Waals surface area contributed by atoms with Gasteiger partial charge in [0, 0.05) is 17.0 Å². The Kier molecular flexibility index (Phi) is 7.31. The monoisotopic (exact) mass is 498 g/mol. The molecule has 1 aromatic heterocycles. The lowest BCUT2D eigenvalue weighted by Gasteiger charge is -2.07. The van der Waals surface area contributed by atoms with Gasteiger partial charge in [-0.05, 0) is 65.2 Å². The first-order chi connectivity index (χ1) is 17.2. The molecule has 1 heterocycles. The van der Waals surface area contributed by atoms with Gasteiger partial charge in [-0.25, -0.2) is 4.98 Å². The Morgan fingerprint density at radius 1 is 1.00 bits per heavy atom. The number of fused-ring (bicyclic) bond motifs is 2. The summed E-state index contributed by atoms with van der Waals surface area (Å²) < 4.78 is 7.76. The molecule has 4 aromatic carbocycles. The van der Waals surface area contributed by atoms with Crippen LogP contribution in [0.25, 0.3) is 21.0 Å². The number of ether oxygens (including phenoxy) is 1. The standard InChI is InChI=1S/C29H26N2O2S2/c1-2-3-17-33-24-14-11-21(12-15-24)28(32)30-23-13-16-26-27(18-23)35-29(31-26)34-19-22-9-6-8-20-7-4-5-10-25(20)22/h4-16,18H,2-3,17,19H2,1H3,(H,30,32). The van der Waals surface area contributed by atoms with Crippen LogP contribution in [-0.4, -0.2) is 17.5 Å². The number of nitrogens with one attached hydrogen (secondary N) is 1. The molecule has 0 aliphatic rings. The van der Waals surface area contributed by atoms with Crippen LogP contribution in [0.5, 0.6) is 5.75 Å². The Hall–Kier alpha value is -3.35. The van der Waals surface area contributed by atoms with E-state index < -0.39 is 0 Å². The summed E-state index contributed by atoms with van der Waals surface area (Å²) in [5, 5.41) is 5.55. The zero-order chi connectivity index (χ0) is 24.0. The van der Waals surface area contributed by atoms with Gasteiger partial charge in [-0.3, -0.25) is 4.79 Å². The van der Waals surface area contributed by atoms with Crippen LogP contribution in [0.4, 0.5) is 5.69 Å². The summed E-state index contributed by atoms with van der Waals surface area (Å²) in [4.78, 5) is 17.5. The van der Waals surface area contributed by atoms with Crippen molar-refractivity contribution in [1.82, 2.24) is 4.98 Å². The summed E-state index contributed by atoms with van der Waals surface area (Å²) in [6.45, 7) is 2.82. The fourth-order valence-corrected chi connectivity index (χ4v) is 5.95. The summed E-state index contributed by atoms with van der Waals surface area (Å²) in [6, 6.07) is 28.1. The van der Waals surface area contributed by atoms with E-state index in [1.54, 1.807) is 35.2 Å². The van der Waals surface area contributed by atoms with Gasteiger partial charge in [0.2, 0.25) is 0 Å². The number of aromatic nitrogens is 1. The molecule has 6 heteroatoms. The highest BCUT2D eigenvalue weighted by molar-refractivity contribution is 8.00. The molecule has 0 aliphatic carbocycles. The highest BCUT2D eigenvalue weighted by Crippen LogP contribution is 2.34. The molecule has 35 heavy (non-hydrogen) atoms. The molecule has 0 unspecified atom stereocenters. The molecule has 0 aliphatic heterocycles. The Balaban J connectivity index is 1.24. The van der Waals surface area contributed by atoms with E-state index in [0.717, 1.165) is 44.6 Å². The molecule has 5 aromatic rings. The number of anilines is 1. The number of thioether (sulfide) groups is 1. The summed E-state index contributed by atoms with van der Waals surface area (Å²) in [5.74, 6) is 1.51. The maximum Gasteiger partial charge on any atom is 0.255 e. The van der Waals surface area contributed by atoms with Crippen LogP contribution in [0, 0.1) is 0 Å². The van der Waals surface area contributed by atoms with Crippen molar-refractivity contribution in [2.24, 2.45) is 0 Å². The topological polar surface area (TPSA) is 51.2 Å². The van der Waals surface area contributed by atoms with Crippen molar-refractivity contribution in [2.45, 2.75) is 29.9 Å². The van der Waals surface area contributed by atoms with Crippen LogP contribution in [-0.2, 0) is 5.75 Å². The average Bonchev–Trinajstić information content (AvgIpc) is 3.30. The second kappa shape index (κ2) is 10.9. The molecular weight excluding hydrogens is 472 g/mol. The zero-order valence-electron chi connectivity index (χ0n) is 19.5. The van der Waals surface area contributed by atoms with Crippen molar-refractivity contribution in [3.8, 4) is 5.75 Å². The van der Waals surface area contributed by atoms with Crippen LogP contribution >= 0.6 is 23.1 Å². The van der Waals surface area contributed by atoms with Crippen LogP contribution < -0.4 is 10.1 Å². The Labute approximate surface area is 213 Å². The highest BCUT2D eigenvalue weighted by atomic mass is 32.2. The third-order valence-electron chi connectivity index (χ3n) is 5.74. The molecule has 176 valence electrons. The van der Waals surface area contributed by atoms with Gasteiger partial charge in [-0.15, -0.1) is 11.3 Å². The van der Waals surface area contributed by atoms with Crippen molar-refractivity contribution in [2.75, 3.05) is 11.9 Å². The van der Waals surface area contributed by atoms with Crippen molar-refractivity contribution in [1.29, 1.82) is 0 Å². The number of hydrogen-bond donors (Lipinski definition) is 1. The number of carbonyl (C=O) groups excluding carboxylic acids is 1. The number of benzene rings is 4. The third-order valence-corrected chi connectivity index (χ3v) is 7.95. The van der Waals surface area contributed by atoms with E-state index in [1.165, 1.54) is 16.3 Å². The van der Waals surface area contributed by atoms with Gasteiger partial charge in [0.15, 0.2) is 4.34 Å². The highest BCUT2D eigenvalue weighted by Gasteiger charge is 2.10. The van der Waals surface area contributed by atoms with Gasteiger partial charge in [0.25, 0.3) is 5.91 Å². The van der Waals surface area contributed by atoms with Crippen LogP contribution in [0.2, 0.25) is 0 Å². The van der Waals surface area contributed by atoms with E-state index in [-0.39, 0.29) is 5.91 Å². The second-order valence-corrected chi connectivity index (χ2v) is 10.5. The lowest BCUT2D eigenvalue weighted by molar-refractivity contribution is 0.102. The lowest BCUT2D eigenvalue weighted by atomic mass is 10.1. The fraction of sp³-hybridized carbons (Fsp3) is 0.172. The molecule has 1 N–H and O–H groups in total. The molecule has 0 saturated heterocycles. The molecule has 1 amide bonds. The molecule has 0 saturated carbocycles. The number of hydrogen-bond acceptors (Lipinski definition) is 5. The molecule has 0 fully saturated rings. The van der Waals surface area contributed by atoms with E-state index in [0.29, 0.717) is 12.2 Å². The van der Waals surface area contributed by atoms with Crippen molar-refractivity contribution in [3.63, 3.8) is 0 Å². The zero-order valence-corrected chi connectivity index (χ0v) is 21.1. The van der Waals surface area contributed by atoms with E-state index in [9.17, 15) is 4.79 Å². The van der Waals surface area contributed by atoms with E-state index in [2.05, 4.69) is 54.7 Å². The summed E-state index contributed by atoms with van der Waals surface area (Å²) in [6.07, 6.45) is 2.11. The summed E-state index contributed by atoms with van der Waals surface area (Å²) >= 11 is 3.40. The maximum atomic E-state index is 12.7. The quantitative estimate of drug-likeness (QED) is 0.164. The first kappa shape index (κ1) is 23.4. The molecule has 5 rings (SSSR count). The average molecular weight is 499 g/mol. The largest absolute Gasteiger partial charge is 0.494 e. The van der Waals surface area contributed by atoms with Crippen molar-refractivity contribution >= 4 is 55.7 Å². The Morgan fingerprint density at radius 3 is 2.69 bits per heavy atom. The predicted octanol–water partition coefficient (Wildman–Crippen LogP) is 8.17. The number of nitrogens with zero attached hydrogens (tertiary/aromatic N) is 1. The van der Waals surface area contributed by atoms with Gasteiger partial charge >= 0.3 is 0 Å². The fourth-order valence-electron chi connectivity index (χ4n) is 3.84. The van der Waals surface area contributed by atoms with Crippen LogP contribution in [0.15, 0.2) is 89.3 Å². The summed E-state index contributed by atoms with van der Waals surface area (Å²) in [5.41, 5.74) is 3.62. The van der Waals surface area contributed by atoms with Gasteiger partial charge < -0.3 is 10.1 Å². The SMILES string of the molecule is CCCCOc1ccc(C(=O)Nc2ccc3nc(SCc4cccc5ccccc45)sc3c2)cc1. The maximum absolute atomic E-state index is 12.7. The molecule has 0 bridgehead atoms. The molecule has 4 nitrogen and oxygen atoms in total. The first-order valence-corrected chi connectivity index (χ1v) is 13.5. The van der Waals surface area contributed by atoms with Gasteiger partial charge in [0.1, 0.15) is 5.75 Å². The van der Waals surface area contributed by atoms with Gasteiger partial charge in [-0.2, -0.15) is 0 Å². The number of thiazole rings is 1. The van der Waals surface area contributed by atoms with Gasteiger partial charge in [0.05, 0.1) is 16.8 Å². The number of rotatable bonds is 9. The Morgan fingerprint density at radius 2 is 1.83 bits per heavy atom. The first-order valence-electron chi connectivity index (χ1n) is 11.7. The lowest BCUT2D eigenvalue weighted by Crippen LogP contribution is -2.11. The minimum atomic E-state index is -0.139. The van der Waals surface area contributed by atoms with Crippen LogP contribution in [0.3, 0.4) is 0 Å². The van der Waals surface area contributed by atoms with Crippen molar-refractivity contribution in [3.05, 3.63) is 96.1 Å². The number of amides is 1. The smallest absolute Gasteiger partial charge is 0.255 e. The minimum Gasteiger partial charge on any atom is -0.494 e. The van der Waals surface area contributed by atoms with Crippen molar-refractivity contribution < 1.29 is 9.53 Å². The van der Waals surface area contributed by atoms with E-state index in [1.807, 2.05) is 30.3 Å². The normalized spacial score (nSPS) is 11.1. The molecule has 0 spiro atoms. The van der Waals surface area contributed by atoms with Crippen LogP contribution in [0.1, 0.15) is 35.7 Å². The molecular formula is C29H26N2O2S2. The molecule has 0 radical (unpaired) electrons. The summed E-state index contributed by atoms with van der Waals surface area (Å²) in [7, 11) is 0. The minimum absolute atomic E-state index is 0.139. The predicted molar refractivity (Wildman–Crippen MR) is 148 cm³/mol. The molecule has 0 atom stereocenters. The number of carbonyl (C=O) groups is 1. The van der Waals surface area contributed by atoms with E-state index >= 15 is 0 Å². The Bertz CT molecular complexity index is 1460.